The molecule has 0 spiro atoms. The highest BCUT2D eigenvalue weighted by atomic mass is 19.1. The fourth-order valence-corrected chi connectivity index (χ4v) is 2.68. The van der Waals surface area contributed by atoms with Crippen molar-refractivity contribution in [2.75, 3.05) is 11.1 Å². The largest absolute Gasteiger partial charge is 0.487 e. The van der Waals surface area contributed by atoms with Gasteiger partial charge in [-0.3, -0.25) is 4.98 Å². The molecule has 0 fully saturated rings. The number of fused-ring (bicyclic) bond motifs is 1. The SMILES string of the molecule is Nc1cc(OCc2ccccn2)cc(F)c1Nc1ncnc2ccccc12. The number of hydrogen-bond acceptors (Lipinski definition) is 6. The van der Waals surface area contributed by atoms with Crippen molar-refractivity contribution in [2.45, 2.75) is 6.61 Å². The van der Waals surface area contributed by atoms with E-state index in [0.717, 1.165) is 16.6 Å². The summed E-state index contributed by atoms with van der Waals surface area (Å²) < 4.78 is 20.2. The Morgan fingerprint density at radius 3 is 2.67 bits per heavy atom. The van der Waals surface area contributed by atoms with E-state index in [1.807, 2.05) is 42.5 Å². The summed E-state index contributed by atoms with van der Waals surface area (Å²) >= 11 is 0. The third-order valence-electron chi connectivity index (χ3n) is 3.99. The number of halogens is 1. The maximum absolute atomic E-state index is 14.6. The number of nitrogens with two attached hydrogens (primary N) is 1. The predicted molar refractivity (Wildman–Crippen MR) is 102 cm³/mol. The first kappa shape index (κ1) is 16.7. The predicted octanol–water partition coefficient (Wildman–Crippen LogP) is 4.07. The fraction of sp³-hybridized carbons (Fsp3) is 0.0500. The molecule has 2 heterocycles. The topological polar surface area (TPSA) is 86.0 Å². The standard InChI is InChI=1S/C20H16FN5O/c21-16-9-14(27-11-13-5-3-4-8-23-13)10-17(22)19(16)26-20-15-6-1-2-7-18(15)24-12-25-20/h1-10,12H,11,22H2,(H,24,25,26). The normalized spacial score (nSPS) is 10.7. The highest BCUT2D eigenvalue weighted by Gasteiger charge is 2.13. The molecule has 2 aromatic heterocycles. The summed E-state index contributed by atoms with van der Waals surface area (Å²) in [5.74, 6) is 0.274. The smallest absolute Gasteiger partial charge is 0.152 e. The number of nitrogen functional groups attached to an aromatic ring is 1. The van der Waals surface area contributed by atoms with Crippen molar-refractivity contribution in [3.05, 3.63) is 78.6 Å². The van der Waals surface area contributed by atoms with E-state index in [2.05, 4.69) is 20.3 Å². The quantitative estimate of drug-likeness (QED) is 0.521. The van der Waals surface area contributed by atoms with E-state index in [1.165, 1.54) is 12.4 Å². The average Bonchev–Trinajstić information content (AvgIpc) is 2.70. The molecule has 0 aliphatic rings. The first-order chi connectivity index (χ1) is 13.2. The fourth-order valence-electron chi connectivity index (χ4n) is 2.68. The van der Waals surface area contributed by atoms with Crippen LogP contribution in [0.2, 0.25) is 0 Å². The van der Waals surface area contributed by atoms with Crippen LogP contribution in [-0.2, 0) is 6.61 Å². The molecule has 4 aromatic rings. The van der Waals surface area contributed by atoms with Crippen LogP contribution in [0.5, 0.6) is 5.75 Å². The number of nitrogens with one attached hydrogen (secondary N) is 1. The van der Waals surface area contributed by atoms with Gasteiger partial charge >= 0.3 is 0 Å². The van der Waals surface area contributed by atoms with Crippen LogP contribution in [0.3, 0.4) is 0 Å². The summed E-state index contributed by atoms with van der Waals surface area (Å²) in [6.07, 6.45) is 3.09. The number of anilines is 3. The molecule has 0 aliphatic heterocycles. The average molecular weight is 361 g/mol. The van der Waals surface area contributed by atoms with Gasteiger partial charge in [-0.25, -0.2) is 14.4 Å². The Kier molecular flexibility index (Phi) is 4.49. The molecule has 6 nitrogen and oxygen atoms in total. The van der Waals surface area contributed by atoms with Crippen molar-refractivity contribution in [3.8, 4) is 5.75 Å². The third-order valence-corrected chi connectivity index (χ3v) is 3.99. The molecule has 0 unspecified atom stereocenters. The zero-order valence-corrected chi connectivity index (χ0v) is 14.3. The molecule has 0 amide bonds. The van der Waals surface area contributed by atoms with Gasteiger partial charge in [-0.15, -0.1) is 0 Å². The first-order valence-corrected chi connectivity index (χ1v) is 8.29. The zero-order valence-electron chi connectivity index (χ0n) is 14.3. The van der Waals surface area contributed by atoms with Crippen LogP contribution in [0.1, 0.15) is 5.69 Å². The van der Waals surface area contributed by atoms with E-state index in [4.69, 9.17) is 10.5 Å². The van der Waals surface area contributed by atoms with Crippen LogP contribution < -0.4 is 15.8 Å². The number of hydrogen-bond donors (Lipinski definition) is 2. The lowest BCUT2D eigenvalue weighted by Gasteiger charge is -2.13. The molecular weight excluding hydrogens is 345 g/mol. The highest BCUT2D eigenvalue weighted by Crippen LogP contribution is 2.32. The van der Waals surface area contributed by atoms with E-state index in [1.54, 1.807) is 12.3 Å². The summed E-state index contributed by atoms with van der Waals surface area (Å²) in [7, 11) is 0. The van der Waals surface area contributed by atoms with Crippen molar-refractivity contribution in [3.63, 3.8) is 0 Å². The van der Waals surface area contributed by atoms with Crippen LogP contribution in [0, 0.1) is 5.82 Å². The van der Waals surface area contributed by atoms with Crippen LogP contribution in [0.4, 0.5) is 21.6 Å². The Labute approximate surface area is 154 Å². The summed E-state index contributed by atoms with van der Waals surface area (Å²) in [5, 5.41) is 3.74. The zero-order chi connectivity index (χ0) is 18.6. The van der Waals surface area contributed by atoms with Crippen LogP contribution in [-0.4, -0.2) is 15.0 Å². The van der Waals surface area contributed by atoms with E-state index in [9.17, 15) is 4.39 Å². The molecular formula is C20H16FN5O. The third kappa shape index (κ3) is 3.62. The summed E-state index contributed by atoms with van der Waals surface area (Å²) in [6, 6.07) is 15.8. The van der Waals surface area contributed by atoms with Gasteiger partial charge in [-0.2, -0.15) is 0 Å². The Morgan fingerprint density at radius 2 is 1.85 bits per heavy atom. The van der Waals surface area contributed by atoms with Gasteiger partial charge in [0, 0.05) is 23.7 Å². The maximum Gasteiger partial charge on any atom is 0.152 e. The van der Waals surface area contributed by atoms with E-state index in [-0.39, 0.29) is 18.0 Å². The summed E-state index contributed by atoms with van der Waals surface area (Å²) in [4.78, 5) is 12.6. The summed E-state index contributed by atoms with van der Waals surface area (Å²) in [6.45, 7) is 0.225. The van der Waals surface area contributed by atoms with Gasteiger partial charge in [-0.05, 0) is 24.3 Å². The van der Waals surface area contributed by atoms with Crippen LogP contribution in [0.25, 0.3) is 10.9 Å². The molecule has 3 N–H and O–H groups in total. The molecule has 27 heavy (non-hydrogen) atoms. The molecule has 0 atom stereocenters. The van der Waals surface area contributed by atoms with Crippen molar-refractivity contribution in [2.24, 2.45) is 0 Å². The van der Waals surface area contributed by atoms with Gasteiger partial charge in [0.25, 0.3) is 0 Å². The summed E-state index contributed by atoms with van der Waals surface area (Å²) in [5.41, 5.74) is 7.90. The Hall–Kier alpha value is -3.74. The Morgan fingerprint density at radius 1 is 1.00 bits per heavy atom. The van der Waals surface area contributed by atoms with Gasteiger partial charge in [0.15, 0.2) is 5.82 Å². The lowest BCUT2D eigenvalue weighted by Crippen LogP contribution is -2.04. The monoisotopic (exact) mass is 361 g/mol. The van der Waals surface area contributed by atoms with Crippen molar-refractivity contribution in [1.82, 2.24) is 15.0 Å². The molecule has 4 rings (SSSR count). The van der Waals surface area contributed by atoms with E-state index < -0.39 is 5.82 Å². The van der Waals surface area contributed by atoms with Gasteiger partial charge < -0.3 is 15.8 Å². The number of rotatable bonds is 5. The van der Waals surface area contributed by atoms with Gasteiger partial charge in [0.05, 0.1) is 22.6 Å². The van der Waals surface area contributed by atoms with Crippen molar-refractivity contribution >= 4 is 28.1 Å². The highest BCUT2D eigenvalue weighted by molar-refractivity contribution is 5.91. The molecule has 7 heteroatoms. The maximum atomic E-state index is 14.6. The Bertz CT molecular complexity index is 1060. The molecule has 0 aliphatic carbocycles. The minimum Gasteiger partial charge on any atom is -0.487 e. The minimum absolute atomic E-state index is 0.143. The molecule has 0 saturated heterocycles. The number of pyridine rings is 1. The lowest BCUT2D eigenvalue weighted by molar-refractivity contribution is 0.300. The first-order valence-electron chi connectivity index (χ1n) is 8.29. The lowest BCUT2D eigenvalue weighted by atomic mass is 10.2. The number of ether oxygens (including phenoxy) is 1. The van der Waals surface area contributed by atoms with Crippen LogP contribution >= 0.6 is 0 Å². The number of benzene rings is 2. The van der Waals surface area contributed by atoms with Gasteiger partial charge in [0.2, 0.25) is 0 Å². The molecule has 0 bridgehead atoms. The Balaban J connectivity index is 1.58. The second-order valence-corrected chi connectivity index (χ2v) is 5.84. The minimum atomic E-state index is -0.534. The molecule has 2 aromatic carbocycles. The molecule has 0 saturated carbocycles. The van der Waals surface area contributed by atoms with Crippen molar-refractivity contribution < 1.29 is 9.13 Å². The van der Waals surface area contributed by atoms with Gasteiger partial charge in [0.1, 0.15) is 24.5 Å². The van der Waals surface area contributed by atoms with E-state index in [0.29, 0.717) is 11.6 Å². The number of nitrogens with zero attached hydrogens (tertiary/aromatic N) is 3. The van der Waals surface area contributed by atoms with Crippen molar-refractivity contribution in [1.29, 1.82) is 0 Å². The molecule has 0 radical (unpaired) electrons. The second-order valence-electron chi connectivity index (χ2n) is 5.84. The molecule has 134 valence electrons. The van der Waals surface area contributed by atoms with E-state index >= 15 is 0 Å². The number of aromatic nitrogens is 3. The van der Waals surface area contributed by atoms with Crippen LogP contribution in [0.15, 0.2) is 67.1 Å². The number of para-hydroxylation sites is 1. The van der Waals surface area contributed by atoms with Gasteiger partial charge in [-0.1, -0.05) is 18.2 Å². The second kappa shape index (κ2) is 7.25.